The highest BCUT2D eigenvalue weighted by Gasteiger charge is 2.32. The highest BCUT2D eigenvalue weighted by molar-refractivity contribution is 7.99. The number of thioether (sulfide) groups is 1. The first-order valence-electron chi connectivity index (χ1n) is 4.91. The molecule has 0 amide bonds. The lowest BCUT2D eigenvalue weighted by molar-refractivity contribution is -0.156. The van der Waals surface area contributed by atoms with Crippen LogP contribution in [0.25, 0.3) is 0 Å². The molecule has 4 heteroatoms. The molecule has 1 fully saturated rings. The van der Waals surface area contributed by atoms with Gasteiger partial charge in [-0.3, -0.25) is 4.79 Å². The molecule has 1 aliphatic rings. The molecule has 0 spiro atoms. The van der Waals surface area contributed by atoms with Gasteiger partial charge in [0, 0.05) is 11.8 Å². The summed E-state index contributed by atoms with van der Waals surface area (Å²) in [5.41, 5.74) is -0.379. The van der Waals surface area contributed by atoms with Gasteiger partial charge in [-0.1, -0.05) is 0 Å². The van der Waals surface area contributed by atoms with Crippen LogP contribution in [-0.2, 0) is 9.53 Å². The lowest BCUT2D eigenvalue weighted by atomic mass is 10.2. The van der Waals surface area contributed by atoms with E-state index < -0.39 is 0 Å². The molecule has 1 heterocycles. The quantitative estimate of drug-likeness (QED) is 0.710. The molecule has 1 rings (SSSR count). The van der Waals surface area contributed by atoms with E-state index in [9.17, 15) is 4.79 Å². The fraction of sp³-hybridized carbons (Fsp3) is 0.900. The molecule has 0 saturated carbocycles. The van der Waals surface area contributed by atoms with Gasteiger partial charge in [-0.25, -0.2) is 0 Å². The first-order chi connectivity index (χ1) is 6.42. The van der Waals surface area contributed by atoms with Crippen LogP contribution in [0.3, 0.4) is 0 Å². The summed E-state index contributed by atoms with van der Waals surface area (Å²) in [6, 6.07) is -0.105. The minimum absolute atomic E-state index is 0.105. The Kier molecular flexibility index (Phi) is 3.84. The van der Waals surface area contributed by atoms with Crippen molar-refractivity contribution in [1.29, 1.82) is 0 Å². The van der Waals surface area contributed by atoms with Crippen LogP contribution in [0.15, 0.2) is 0 Å². The van der Waals surface area contributed by atoms with Crippen LogP contribution in [-0.4, -0.2) is 35.7 Å². The van der Waals surface area contributed by atoms with Crippen LogP contribution in [0.5, 0.6) is 0 Å². The second kappa shape index (κ2) is 4.53. The Balaban J connectivity index is 2.40. The van der Waals surface area contributed by atoms with E-state index in [-0.39, 0.29) is 17.6 Å². The monoisotopic (exact) mass is 217 g/mol. The molecule has 0 aliphatic carbocycles. The molecule has 2 atom stereocenters. The van der Waals surface area contributed by atoms with Crippen molar-refractivity contribution >= 4 is 17.7 Å². The number of carbonyl (C=O) groups excluding carboxylic acids is 1. The first kappa shape index (κ1) is 11.9. The number of hydrogen-bond donors (Lipinski definition) is 1. The molecule has 1 aliphatic heterocycles. The molecule has 3 nitrogen and oxygen atoms in total. The summed E-state index contributed by atoms with van der Waals surface area (Å²) >= 11 is 1.80. The van der Waals surface area contributed by atoms with E-state index in [1.54, 1.807) is 11.8 Å². The molecule has 0 aromatic heterocycles. The predicted octanol–water partition coefficient (Wildman–Crippen LogP) is 1.42. The third kappa shape index (κ3) is 3.50. The van der Waals surface area contributed by atoms with Gasteiger partial charge in [0.1, 0.15) is 11.6 Å². The van der Waals surface area contributed by atoms with E-state index >= 15 is 0 Å². The van der Waals surface area contributed by atoms with Crippen LogP contribution >= 0.6 is 11.8 Å². The van der Waals surface area contributed by atoms with Crippen molar-refractivity contribution in [1.82, 2.24) is 5.32 Å². The lowest BCUT2D eigenvalue weighted by Crippen LogP contribution is -2.37. The second-order valence-corrected chi connectivity index (χ2v) is 5.73. The van der Waals surface area contributed by atoms with Gasteiger partial charge in [0.25, 0.3) is 0 Å². The van der Waals surface area contributed by atoms with Crippen LogP contribution in [0.1, 0.15) is 27.2 Å². The fourth-order valence-electron chi connectivity index (χ4n) is 1.44. The molecule has 1 saturated heterocycles. The minimum Gasteiger partial charge on any atom is -0.459 e. The molecule has 0 unspecified atom stereocenters. The van der Waals surface area contributed by atoms with Crippen molar-refractivity contribution < 1.29 is 9.53 Å². The summed E-state index contributed by atoms with van der Waals surface area (Å²) in [6.07, 6.45) is 2.96. The maximum atomic E-state index is 11.6. The molecule has 0 aromatic rings. The molecule has 82 valence electrons. The van der Waals surface area contributed by atoms with Gasteiger partial charge < -0.3 is 10.1 Å². The normalized spacial score (nSPS) is 27.7. The van der Waals surface area contributed by atoms with Gasteiger partial charge in [-0.05, 0) is 33.4 Å². The third-order valence-electron chi connectivity index (χ3n) is 2.12. The summed E-state index contributed by atoms with van der Waals surface area (Å²) in [5, 5.41) is 3.73. The zero-order valence-electron chi connectivity index (χ0n) is 9.29. The van der Waals surface area contributed by atoms with E-state index in [2.05, 4.69) is 11.6 Å². The van der Waals surface area contributed by atoms with E-state index in [4.69, 9.17) is 4.74 Å². The summed E-state index contributed by atoms with van der Waals surface area (Å²) in [6.45, 7) is 6.59. The van der Waals surface area contributed by atoms with Gasteiger partial charge >= 0.3 is 5.97 Å². The summed E-state index contributed by atoms with van der Waals surface area (Å²) in [4.78, 5) is 11.6. The van der Waals surface area contributed by atoms with Gasteiger partial charge in [0.05, 0.1) is 0 Å². The average molecular weight is 217 g/mol. The highest BCUT2D eigenvalue weighted by Crippen LogP contribution is 2.20. The number of hydrogen-bond acceptors (Lipinski definition) is 4. The lowest BCUT2D eigenvalue weighted by Gasteiger charge is -2.22. The Hall–Kier alpha value is -0.220. The molecule has 0 aromatic carbocycles. The topological polar surface area (TPSA) is 38.3 Å². The Labute approximate surface area is 90.0 Å². The summed E-state index contributed by atoms with van der Waals surface area (Å²) in [5.74, 6) is -0.117. The van der Waals surface area contributed by atoms with Crippen molar-refractivity contribution in [2.45, 2.75) is 44.1 Å². The Morgan fingerprint density at radius 1 is 1.50 bits per heavy atom. The zero-order chi connectivity index (χ0) is 10.8. The predicted molar refractivity (Wildman–Crippen MR) is 59.6 cm³/mol. The van der Waals surface area contributed by atoms with E-state index in [0.29, 0.717) is 5.25 Å². The number of ether oxygens (including phenoxy) is 1. The van der Waals surface area contributed by atoms with Gasteiger partial charge in [-0.2, -0.15) is 11.8 Å². The smallest absolute Gasteiger partial charge is 0.323 e. The number of esters is 1. The number of carbonyl (C=O) groups is 1. The molecule has 1 N–H and O–H groups in total. The van der Waals surface area contributed by atoms with Crippen molar-refractivity contribution in [3.63, 3.8) is 0 Å². The molecule has 0 bridgehead atoms. The Bertz CT molecular complexity index is 213. The Morgan fingerprint density at radius 2 is 2.14 bits per heavy atom. The largest absolute Gasteiger partial charge is 0.459 e. The highest BCUT2D eigenvalue weighted by atomic mass is 32.2. The SMILES string of the molecule is CS[C@H]1CN[C@H](C(=O)OC(C)(C)C)C1. The zero-order valence-corrected chi connectivity index (χ0v) is 10.1. The van der Waals surface area contributed by atoms with Crippen LogP contribution in [0, 0.1) is 0 Å². The minimum atomic E-state index is -0.379. The van der Waals surface area contributed by atoms with Crippen molar-refractivity contribution in [2.24, 2.45) is 0 Å². The van der Waals surface area contributed by atoms with E-state index in [1.807, 2.05) is 20.8 Å². The van der Waals surface area contributed by atoms with Gasteiger partial charge in [-0.15, -0.1) is 0 Å². The van der Waals surface area contributed by atoms with Crippen molar-refractivity contribution in [2.75, 3.05) is 12.8 Å². The van der Waals surface area contributed by atoms with Gasteiger partial charge in [0.2, 0.25) is 0 Å². The third-order valence-corrected chi connectivity index (χ3v) is 3.14. The second-order valence-electron chi connectivity index (χ2n) is 4.59. The van der Waals surface area contributed by atoms with Crippen LogP contribution in [0.2, 0.25) is 0 Å². The number of rotatable bonds is 2. The van der Waals surface area contributed by atoms with E-state index in [1.165, 1.54) is 0 Å². The molecular formula is C10H19NO2S. The van der Waals surface area contributed by atoms with Crippen LogP contribution in [0.4, 0.5) is 0 Å². The van der Waals surface area contributed by atoms with E-state index in [0.717, 1.165) is 13.0 Å². The average Bonchev–Trinajstić information content (AvgIpc) is 2.48. The van der Waals surface area contributed by atoms with Crippen molar-refractivity contribution in [3.8, 4) is 0 Å². The molecule has 14 heavy (non-hydrogen) atoms. The van der Waals surface area contributed by atoms with Crippen LogP contribution < -0.4 is 5.32 Å². The first-order valence-corrected chi connectivity index (χ1v) is 6.20. The standard InChI is InChI=1S/C10H19NO2S/c1-10(2,3)13-9(12)8-5-7(14-4)6-11-8/h7-8,11H,5-6H2,1-4H3/t7-,8+/m1/s1. The maximum absolute atomic E-state index is 11.6. The maximum Gasteiger partial charge on any atom is 0.323 e. The molecule has 0 radical (unpaired) electrons. The van der Waals surface area contributed by atoms with Gasteiger partial charge in [0.15, 0.2) is 0 Å². The Morgan fingerprint density at radius 3 is 2.57 bits per heavy atom. The summed E-state index contributed by atoms with van der Waals surface area (Å²) < 4.78 is 5.30. The number of nitrogens with one attached hydrogen (secondary N) is 1. The van der Waals surface area contributed by atoms with Crippen molar-refractivity contribution in [3.05, 3.63) is 0 Å². The molecular weight excluding hydrogens is 198 g/mol. The summed E-state index contributed by atoms with van der Waals surface area (Å²) in [7, 11) is 0. The fourth-order valence-corrected chi connectivity index (χ4v) is 2.08.